The summed E-state index contributed by atoms with van der Waals surface area (Å²) in [7, 11) is 0. The number of rotatable bonds is 2. The number of hydrogen-bond donors (Lipinski definition) is 1. The summed E-state index contributed by atoms with van der Waals surface area (Å²) in [5.74, 6) is -0.388. The summed E-state index contributed by atoms with van der Waals surface area (Å²) in [6.45, 7) is 1.66. The Hall–Kier alpha value is -2.28. The van der Waals surface area contributed by atoms with Gasteiger partial charge in [0.2, 0.25) is 0 Å². The molecule has 0 bridgehead atoms. The summed E-state index contributed by atoms with van der Waals surface area (Å²) in [6.07, 6.45) is 2.92. The summed E-state index contributed by atoms with van der Waals surface area (Å²) >= 11 is 1.50. The van der Waals surface area contributed by atoms with Crippen LogP contribution in [0.15, 0.2) is 24.0 Å². The van der Waals surface area contributed by atoms with Crippen molar-refractivity contribution in [1.29, 1.82) is 0 Å². The van der Waals surface area contributed by atoms with E-state index in [1.807, 2.05) is 11.4 Å². The van der Waals surface area contributed by atoms with E-state index in [0.29, 0.717) is 11.5 Å². The van der Waals surface area contributed by atoms with E-state index in [9.17, 15) is 4.79 Å². The van der Waals surface area contributed by atoms with Crippen molar-refractivity contribution in [2.45, 2.75) is 6.92 Å². The van der Waals surface area contributed by atoms with Crippen LogP contribution >= 0.6 is 11.3 Å². The molecule has 6 nitrogen and oxygen atoms in total. The van der Waals surface area contributed by atoms with Crippen LogP contribution in [-0.2, 0) is 0 Å². The van der Waals surface area contributed by atoms with Crippen LogP contribution in [0.25, 0.3) is 16.0 Å². The average Bonchev–Trinajstić information content (AvgIpc) is 2.94. The van der Waals surface area contributed by atoms with Crippen LogP contribution in [0.3, 0.4) is 0 Å². The number of aryl methyl sites for hydroxylation is 1. The van der Waals surface area contributed by atoms with E-state index in [1.165, 1.54) is 28.5 Å². The van der Waals surface area contributed by atoms with E-state index < -0.39 is 5.97 Å². The van der Waals surface area contributed by atoms with Crippen LogP contribution in [0, 0.1) is 6.92 Å². The smallest absolute Gasteiger partial charge is 0.339 e. The topological polar surface area (TPSA) is 80.9 Å². The van der Waals surface area contributed by atoms with Crippen molar-refractivity contribution in [3.63, 3.8) is 0 Å². The fourth-order valence-electron chi connectivity index (χ4n) is 1.72. The van der Waals surface area contributed by atoms with Crippen LogP contribution in [0.1, 0.15) is 16.1 Å². The first-order valence-electron chi connectivity index (χ1n) is 5.15. The number of fused-ring (bicyclic) bond motifs is 1. The van der Waals surface area contributed by atoms with Crippen molar-refractivity contribution in [3.8, 4) is 5.82 Å². The lowest BCUT2D eigenvalue weighted by Crippen LogP contribution is -1.99. The molecule has 1 N–H and O–H groups in total. The molecule has 3 aromatic heterocycles. The molecule has 3 heterocycles. The summed E-state index contributed by atoms with van der Waals surface area (Å²) in [5.41, 5.74) is 1.47. The zero-order valence-corrected chi connectivity index (χ0v) is 10.2. The molecule has 90 valence electrons. The lowest BCUT2D eigenvalue weighted by atomic mass is 10.3. The standard InChI is InChI=1S/C11H8N4O2S/c1-6-7(11(16)17)4-15(14-6)10-9-8(2-3-18-9)12-5-13-10/h2-5H,1H3,(H,16,17). The summed E-state index contributed by atoms with van der Waals surface area (Å²) in [4.78, 5) is 19.3. The monoisotopic (exact) mass is 260 g/mol. The molecule has 0 atom stereocenters. The quantitative estimate of drug-likeness (QED) is 0.760. The zero-order valence-electron chi connectivity index (χ0n) is 9.36. The number of aromatic carboxylic acids is 1. The summed E-state index contributed by atoms with van der Waals surface area (Å²) in [5, 5.41) is 15.1. The van der Waals surface area contributed by atoms with Gasteiger partial charge in [0.05, 0.1) is 15.9 Å². The fraction of sp³-hybridized carbons (Fsp3) is 0.0909. The average molecular weight is 260 g/mol. The van der Waals surface area contributed by atoms with Gasteiger partial charge in [-0.2, -0.15) is 5.10 Å². The van der Waals surface area contributed by atoms with Gasteiger partial charge in [0, 0.05) is 6.20 Å². The Labute approximate surface area is 106 Å². The van der Waals surface area contributed by atoms with Gasteiger partial charge in [-0.05, 0) is 18.4 Å². The number of carboxylic acid groups (broad SMARTS) is 1. The first-order valence-corrected chi connectivity index (χ1v) is 6.03. The van der Waals surface area contributed by atoms with Crippen LogP contribution < -0.4 is 0 Å². The Kier molecular flexibility index (Phi) is 2.34. The van der Waals surface area contributed by atoms with E-state index >= 15 is 0 Å². The Balaban J connectivity index is 2.23. The highest BCUT2D eigenvalue weighted by atomic mass is 32.1. The van der Waals surface area contributed by atoms with Gasteiger partial charge in [0.1, 0.15) is 11.9 Å². The number of carboxylic acids is 1. The van der Waals surface area contributed by atoms with Crippen LogP contribution in [0.4, 0.5) is 0 Å². The molecule has 0 saturated heterocycles. The van der Waals surface area contributed by atoms with Gasteiger partial charge in [-0.1, -0.05) is 0 Å². The van der Waals surface area contributed by atoms with E-state index in [-0.39, 0.29) is 5.56 Å². The van der Waals surface area contributed by atoms with Crippen molar-refractivity contribution in [2.75, 3.05) is 0 Å². The van der Waals surface area contributed by atoms with E-state index in [1.54, 1.807) is 6.92 Å². The second kappa shape index (κ2) is 3.88. The van der Waals surface area contributed by atoms with Crippen LogP contribution in [-0.4, -0.2) is 30.8 Å². The zero-order chi connectivity index (χ0) is 12.7. The lowest BCUT2D eigenvalue weighted by Gasteiger charge is -2.00. The van der Waals surface area contributed by atoms with Crippen molar-refractivity contribution in [2.24, 2.45) is 0 Å². The first kappa shape index (κ1) is 10.8. The van der Waals surface area contributed by atoms with Crippen molar-refractivity contribution in [1.82, 2.24) is 19.7 Å². The predicted octanol–water partition coefficient (Wildman–Crippen LogP) is 1.88. The lowest BCUT2D eigenvalue weighted by molar-refractivity contribution is 0.0696. The number of nitrogens with zero attached hydrogens (tertiary/aromatic N) is 4. The molecule has 0 fully saturated rings. The molecule has 0 aromatic carbocycles. The molecule has 7 heteroatoms. The maximum Gasteiger partial charge on any atom is 0.339 e. The molecule has 0 spiro atoms. The van der Waals surface area contributed by atoms with Gasteiger partial charge in [-0.3, -0.25) is 0 Å². The highest BCUT2D eigenvalue weighted by Gasteiger charge is 2.15. The first-order chi connectivity index (χ1) is 8.66. The second-order valence-corrected chi connectivity index (χ2v) is 4.63. The Morgan fingerprint density at radius 3 is 3.00 bits per heavy atom. The number of aromatic nitrogens is 4. The minimum Gasteiger partial charge on any atom is -0.478 e. The number of thiophene rings is 1. The second-order valence-electron chi connectivity index (χ2n) is 3.71. The Morgan fingerprint density at radius 1 is 1.44 bits per heavy atom. The maximum atomic E-state index is 11.0. The van der Waals surface area contributed by atoms with Gasteiger partial charge in [-0.15, -0.1) is 11.3 Å². The molecule has 0 aliphatic rings. The molecule has 0 radical (unpaired) electrons. The van der Waals surface area contributed by atoms with Gasteiger partial charge < -0.3 is 5.11 Å². The molecule has 3 aromatic rings. The molecular weight excluding hydrogens is 252 g/mol. The fourth-order valence-corrected chi connectivity index (χ4v) is 2.54. The van der Waals surface area contributed by atoms with Crippen molar-refractivity contribution >= 4 is 27.5 Å². The molecule has 3 rings (SSSR count). The maximum absolute atomic E-state index is 11.0. The highest BCUT2D eigenvalue weighted by Crippen LogP contribution is 2.24. The van der Waals surface area contributed by atoms with Crippen molar-refractivity contribution < 1.29 is 9.90 Å². The molecule has 18 heavy (non-hydrogen) atoms. The summed E-state index contributed by atoms with van der Waals surface area (Å²) < 4.78 is 2.37. The third kappa shape index (κ3) is 1.56. The summed E-state index contributed by atoms with van der Waals surface area (Å²) in [6, 6.07) is 1.89. The Morgan fingerprint density at radius 2 is 2.28 bits per heavy atom. The third-order valence-electron chi connectivity index (χ3n) is 2.57. The normalized spacial score (nSPS) is 10.9. The van der Waals surface area contributed by atoms with Crippen molar-refractivity contribution in [3.05, 3.63) is 35.2 Å². The van der Waals surface area contributed by atoms with E-state index in [2.05, 4.69) is 15.1 Å². The largest absolute Gasteiger partial charge is 0.478 e. The SMILES string of the molecule is Cc1nn(-c2ncnc3ccsc23)cc1C(=O)O. The molecule has 0 saturated carbocycles. The molecular formula is C11H8N4O2S. The minimum atomic E-state index is -0.991. The van der Waals surface area contributed by atoms with Gasteiger partial charge in [0.15, 0.2) is 5.82 Å². The predicted molar refractivity (Wildman–Crippen MR) is 66.2 cm³/mol. The van der Waals surface area contributed by atoms with Gasteiger partial charge >= 0.3 is 5.97 Å². The third-order valence-corrected chi connectivity index (χ3v) is 3.47. The van der Waals surface area contributed by atoms with Crippen LogP contribution in [0.2, 0.25) is 0 Å². The van der Waals surface area contributed by atoms with Gasteiger partial charge in [-0.25, -0.2) is 19.4 Å². The molecule has 0 aliphatic carbocycles. The van der Waals surface area contributed by atoms with E-state index in [4.69, 9.17) is 5.11 Å². The van der Waals surface area contributed by atoms with Gasteiger partial charge in [0.25, 0.3) is 0 Å². The highest BCUT2D eigenvalue weighted by molar-refractivity contribution is 7.17. The number of hydrogen-bond acceptors (Lipinski definition) is 5. The molecule has 0 amide bonds. The molecule has 0 aliphatic heterocycles. The Bertz CT molecular complexity index is 746. The minimum absolute atomic E-state index is 0.179. The molecule has 0 unspecified atom stereocenters. The number of carbonyl (C=O) groups is 1. The van der Waals surface area contributed by atoms with Crippen LogP contribution in [0.5, 0.6) is 0 Å². The van der Waals surface area contributed by atoms with E-state index in [0.717, 1.165) is 10.2 Å².